The molecule has 1 unspecified atom stereocenters. The Hall–Kier alpha value is -2.03. The van der Waals surface area contributed by atoms with Gasteiger partial charge >= 0.3 is 5.97 Å². The van der Waals surface area contributed by atoms with E-state index in [1.165, 1.54) is 18.2 Å². The first-order valence-corrected chi connectivity index (χ1v) is 10.7. The van der Waals surface area contributed by atoms with Crippen LogP contribution in [0.2, 0.25) is 10.0 Å². The highest BCUT2D eigenvalue weighted by Crippen LogP contribution is 2.49. The van der Waals surface area contributed by atoms with Crippen LogP contribution in [0.4, 0.5) is 0 Å². The zero-order valence-corrected chi connectivity index (χ0v) is 18.0. The number of hydrogen-bond acceptors (Lipinski definition) is 5. The molecule has 2 aromatic carbocycles. The Morgan fingerprint density at radius 3 is 2.33 bits per heavy atom. The molecule has 9 heteroatoms. The summed E-state index contributed by atoms with van der Waals surface area (Å²) in [5.41, 5.74) is 1.24. The summed E-state index contributed by atoms with van der Waals surface area (Å²) >= 11 is 13.2. The molecular weight excluding hydrogens is 449 g/mol. The van der Waals surface area contributed by atoms with Crippen LogP contribution >= 0.6 is 35.0 Å². The first-order chi connectivity index (χ1) is 14.4. The van der Waals surface area contributed by atoms with Crippen molar-refractivity contribution in [2.24, 2.45) is 0 Å². The molecule has 0 spiro atoms. The highest BCUT2D eigenvalue weighted by molar-refractivity contribution is 8.04. The van der Waals surface area contributed by atoms with Crippen LogP contribution in [0, 0.1) is 0 Å². The van der Waals surface area contributed by atoms with Crippen molar-refractivity contribution in [2.45, 2.75) is 17.7 Å². The Bertz CT molecular complexity index is 979. The van der Waals surface area contributed by atoms with E-state index in [9.17, 15) is 24.9 Å². The smallest absolute Gasteiger partial charge is 0.343 e. The molecule has 1 heterocycles. The largest absolute Gasteiger partial charge is 0.477 e. The number of halogens is 2. The van der Waals surface area contributed by atoms with Crippen LogP contribution in [-0.4, -0.2) is 51.4 Å². The zero-order valence-electron chi connectivity index (χ0n) is 15.7. The van der Waals surface area contributed by atoms with E-state index in [1.807, 2.05) is 30.3 Å². The fourth-order valence-corrected chi connectivity index (χ4v) is 5.00. The van der Waals surface area contributed by atoms with Crippen LogP contribution in [0.5, 0.6) is 0 Å². The lowest BCUT2D eigenvalue weighted by Crippen LogP contribution is -2.44. The molecule has 0 aliphatic carbocycles. The Kier molecular flexibility index (Phi) is 7.44. The lowest BCUT2D eigenvalue weighted by atomic mass is 10.0. The van der Waals surface area contributed by atoms with Crippen molar-refractivity contribution in [1.29, 1.82) is 0 Å². The van der Waals surface area contributed by atoms with Gasteiger partial charge < -0.3 is 20.2 Å². The number of thioether (sulfide) groups is 1. The van der Waals surface area contributed by atoms with Gasteiger partial charge in [0.15, 0.2) is 0 Å². The minimum Gasteiger partial charge on any atom is -0.477 e. The number of amides is 1. The lowest BCUT2D eigenvalue weighted by molar-refractivity contribution is -0.131. The van der Waals surface area contributed by atoms with Crippen molar-refractivity contribution >= 4 is 46.8 Å². The van der Waals surface area contributed by atoms with Crippen molar-refractivity contribution in [3.8, 4) is 0 Å². The van der Waals surface area contributed by atoms with Gasteiger partial charge in [-0.2, -0.15) is 0 Å². The number of nitrogens with zero attached hydrogens (tertiary/aromatic N) is 1. The number of carboxylic acids is 1. The SMILES string of the molecule is O=C(O)C1=C(N(C(=O)c2ccc(Cl)cc2Cl)C(CO)CO)CC(c2ccccc2)S1. The maximum Gasteiger partial charge on any atom is 0.343 e. The van der Waals surface area contributed by atoms with Crippen molar-refractivity contribution in [3.63, 3.8) is 0 Å². The highest BCUT2D eigenvalue weighted by atomic mass is 35.5. The fraction of sp³-hybridized carbons (Fsp3) is 0.238. The predicted octanol–water partition coefficient (Wildman–Crippen LogP) is 3.96. The summed E-state index contributed by atoms with van der Waals surface area (Å²) in [5.74, 6) is -1.80. The molecule has 1 atom stereocenters. The number of allylic oxidation sites excluding steroid dienone is 1. The molecule has 0 saturated carbocycles. The standard InChI is InChI=1S/C21H19Cl2NO5S/c22-13-6-7-15(16(23)8-13)20(27)24(14(10-25)11-26)17-9-18(30-19(17)21(28)29)12-4-2-1-3-5-12/h1-8,14,18,25-26H,9-11H2,(H,28,29). The molecular formula is C21H19Cl2NO5S. The maximum absolute atomic E-state index is 13.4. The minimum absolute atomic E-state index is 0.00538. The number of hydrogen-bond donors (Lipinski definition) is 3. The van der Waals surface area contributed by atoms with Gasteiger partial charge in [0.25, 0.3) is 5.91 Å². The summed E-state index contributed by atoms with van der Waals surface area (Å²) in [5, 5.41) is 29.6. The third-order valence-electron chi connectivity index (χ3n) is 4.72. The molecule has 0 bridgehead atoms. The first-order valence-electron chi connectivity index (χ1n) is 9.05. The number of aliphatic hydroxyl groups excluding tert-OH is 2. The second kappa shape index (κ2) is 9.85. The molecule has 158 valence electrons. The summed E-state index contributed by atoms with van der Waals surface area (Å²) in [6, 6.07) is 12.7. The van der Waals surface area contributed by atoms with Gasteiger partial charge in [0, 0.05) is 22.4 Å². The number of aliphatic carboxylic acids is 1. The highest BCUT2D eigenvalue weighted by Gasteiger charge is 2.38. The van der Waals surface area contributed by atoms with Gasteiger partial charge in [0.1, 0.15) is 4.91 Å². The fourth-order valence-electron chi connectivity index (χ4n) is 3.28. The number of carboxylic acid groups (broad SMARTS) is 1. The van der Waals surface area contributed by atoms with Crippen LogP contribution in [0.3, 0.4) is 0 Å². The van der Waals surface area contributed by atoms with Crippen molar-refractivity contribution in [3.05, 3.63) is 80.3 Å². The van der Waals surface area contributed by atoms with E-state index >= 15 is 0 Å². The van der Waals surface area contributed by atoms with E-state index in [4.69, 9.17) is 23.2 Å². The Balaban J connectivity index is 2.06. The summed E-state index contributed by atoms with van der Waals surface area (Å²) in [4.78, 5) is 26.5. The number of carbonyl (C=O) groups excluding carboxylic acids is 1. The quantitative estimate of drug-likeness (QED) is 0.569. The summed E-state index contributed by atoms with van der Waals surface area (Å²) in [7, 11) is 0. The van der Waals surface area contributed by atoms with E-state index in [0.29, 0.717) is 5.02 Å². The number of rotatable bonds is 7. The first kappa shape index (κ1) is 22.7. The molecule has 1 aliphatic rings. The number of benzene rings is 2. The van der Waals surface area contributed by atoms with Gasteiger partial charge in [-0.25, -0.2) is 4.79 Å². The Morgan fingerprint density at radius 1 is 1.10 bits per heavy atom. The molecule has 0 aromatic heterocycles. The average Bonchev–Trinajstić information content (AvgIpc) is 3.17. The van der Waals surface area contributed by atoms with Crippen LogP contribution in [0.25, 0.3) is 0 Å². The molecule has 1 amide bonds. The molecule has 3 N–H and O–H groups in total. The van der Waals surface area contributed by atoms with Crippen LogP contribution in [0.1, 0.15) is 27.6 Å². The minimum atomic E-state index is -1.18. The van der Waals surface area contributed by atoms with E-state index in [0.717, 1.165) is 22.2 Å². The predicted molar refractivity (Wildman–Crippen MR) is 117 cm³/mol. The summed E-state index contributed by atoms with van der Waals surface area (Å²) < 4.78 is 0. The molecule has 0 saturated heterocycles. The average molecular weight is 468 g/mol. The van der Waals surface area contributed by atoms with Gasteiger partial charge in [0.2, 0.25) is 0 Å². The lowest BCUT2D eigenvalue weighted by Gasteiger charge is -2.31. The maximum atomic E-state index is 13.4. The normalized spacial score (nSPS) is 16.2. The second-order valence-corrected chi connectivity index (χ2v) is 8.68. The van der Waals surface area contributed by atoms with Crippen LogP contribution in [-0.2, 0) is 4.79 Å². The third-order valence-corrected chi connectivity index (χ3v) is 6.64. The molecule has 0 fully saturated rings. The van der Waals surface area contributed by atoms with Gasteiger partial charge in [-0.1, -0.05) is 53.5 Å². The van der Waals surface area contributed by atoms with E-state index in [-0.39, 0.29) is 32.9 Å². The van der Waals surface area contributed by atoms with Crippen molar-refractivity contribution in [1.82, 2.24) is 4.90 Å². The zero-order chi connectivity index (χ0) is 21.8. The molecule has 2 aromatic rings. The second-order valence-electron chi connectivity index (χ2n) is 6.62. The molecule has 1 aliphatic heterocycles. The number of aliphatic hydroxyl groups is 2. The summed E-state index contributed by atoms with van der Waals surface area (Å²) in [6.45, 7) is -1.10. The molecule has 6 nitrogen and oxygen atoms in total. The van der Waals surface area contributed by atoms with Crippen LogP contribution in [0.15, 0.2) is 59.1 Å². The van der Waals surface area contributed by atoms with Gasteiger partial charge in [0.05, 0.1) is 29.8 Å². The van der Waals surface area contributed by atoms with Gasteiger partial charge in [-0.15, -0.1) is 11.8 Å². The van der Waals surface area contributed by atoms with E-state index in [1.54, 1.807) is 0 Å². The monoisotopic (exact) mass is 467 g/mol. The van der Waals surface area contributed by atoms with Gasteiger partial charge in [-0.05, 0) is 23.8 Å². The van der Waals surface area contributed by atoms with E-state index in [2.05, 4.69) is 0 Å². The van der Waals surface area contributed by atoms with Gasteiger partial charge in [-0.3, -0.25) is 4.79 Å². The van der Waals surface area contributed by atoms with Crippen LogP contribution < -0.4 is 0 Å². The Morgan fingerprint density at radius 2 is 1.77 bits per heavy atom. The Labute approximate surface area is 187 Å². The molecule has 0 radical (unpaired) electrons. The van der Waals surface area contributed by atoms with Crippen molar-refractivity contribution < 1.29 is 24.9 Å². The van der Waals surface area contributed by atoms with E-state index < -0.39 is 31.1 Å². The third kappa shape index (κ3) is 4.66. The van der Waals surface area contributed by atoms with Crippen molar-refractivity contribution in [2.75, 3.05) is 13.2 Å². The molecule has 30 heavy (non-hydrogen) atoms. The number of carbonyl (C=O) groups is 2. The summed E-state index contributed by atoms with van der Waals surface area (Å²) in [6.07, 6.45) is 0.240. The topological polar surface area (TPSA) is 98.1 Å². The molecule has 3 rings (SSSR count).